The summed E-state index contributed by atoms with van der Waals surface area (Å²) in [6, 6.07) is 12.3. The summed E-state index contributed by atoms with van der Waals surface area (Å²) >= 11 is 0. The van der Waals surface area contributed by atoms with Crippen LogP contribution >= 0.6 is 0 Å². The molecular formula is C19H22N2O5S. The summed E-state index contributed by atoms with van der Waals surface area (Å²) in [6.07, 6.45) is 1.04. The van der Waals surface area contributed by atoms with Gasteiger partial charge in [0.2, 0.25) is 15.9 Å². The Hall–Kier alpha value is -2.71. The summed E-state index contributed by atoms with van der Waals surface area (Å²) in [7, 11) is -1.00. The van der Waals surface area contributed by atoms with Gasteiger partial charge in [-0.2, -0.15) is 4.31 Å². The minimum atomic E-state index is -3.62. The van der Waals surface area contributed by atoms with E-state index in [1.54, 1.807) is 49.4 Å². The number of carbonyl (C=O) groups is 2. The number of carbonyl (C=O) groups excluding carboxylic acids is 2. The minimum absolute atomic E-state index is 0.283. The molecule has 2 aromatic rings. The van der Waals surface area contributed by atoms with E-state index in [1.165, 1.54) is 20.2 Å². The Labute approximate surface area is 159 Å². The van der Waals surface area contributed by atoms with Crippen LogP contribution in [-0.4, -0.2) is 45.0 Å². The van der Waals surface area contributed by atoms with Gasteiger partial charge in [-0.25, -0.2) is 13.2 Å². The zero-order valence-corrected chi connectivity index (χ0v) is 16.4. The maximum atomic E-state index is 13.0. The lowest BCUT2D eigenvalue weighted by atomic mass is 10.1. The van der Waals surface area contributed by atoms with E-state index in [-0.39, 0.29) is 5.56 Å². The molecule has 0 saturated carbocycles. The van der Waals surface area contributed by atoms with Crippen molar-refractivity contribution >= 4 is 27.6 Å². The number of nitrogens with one attached hydrogen (secondary N) is 1. The quantitative estimate of drug-likeness (QED) is 0.765. The average molecular weight is 390 g/mol. The normalized spacial score (nSPS) is 12.5. The van der Waals surface area contributed by atoms with Crippen LogP contribution in [0.1, 0.15) is 27.5 Å². The van der Waals surface area contributed by atoms with E-state index in [1.807, 2.05) is 0 Å². The second-order valence-corrected chi connectivity index (χ2v) is 8.14. The number of aryl methyl sites for hydroxylation is 1. The van der Waals surface area contributed by atoms with Gasteiger partial charge >= 0.3 is 5.97 Å². The molecule has 0 aliphatic rings. The number of sulfonamides is 1. The minimum Gasteiger partial charge on any atom is -0.465 e. The number of nitrogens with zero attached hydrogens (tertiary/aromatic N) is 1. The van der Waals surface area contributed by atoms with Gasteiger partial charge in [-0.1, -0.05) is 36.4 Å². The van der Waals surface area contributed by atoms with E-state index >= 15 is 0 Å². The first-order valence-corrected chi connectivity index (χ1v) is 9.97. The number of rotatable bonds is 6. The molecule has 0 aliphatic carbocycles. The van der Waals surface area contributed by atoms with Gasteiger partial charge < -0.3 is 10.1 Å². The summed E-state index contributed by atoms with van der Waals surface area (Å²) in [5.41, 5.74) is 1.95. The molecule has 0 unspecified atom stereocenters. The molecule has 1 atom stereocenters. The van der Waals surface area contributed by atoms with Crippen LogP contribution in [-0.2, 0) is 19.6 Å². The van der Waals surface area contributed by atoms with Gasteiger partial charge in [-0.05, 0) is 30.2 Å². The standard InChI is InChI=1S/C19H22N2O5S/c1-13-10-11-15(19(23)26-3)12-16(13)20-18(22)17(21(2)27(4,24)25)14-8-6-5-7-9-14/h5-12,17H,1-4H3,(H,20,22)/t17-/m1/s1. The van der Waals surface area contributed by atoms with Crippen LogP contribution in [0.25, 0.3) is 0 Å². The summed E-state index contributed by atoms with van der Waals surface area (Å²) in [6.45, 7) is 1.77. The van der Waals surface area contributed by atoms with Crippen molar-refractivity contribution in [3.05, 3.63) is 65.2 Å². The fourth-order valence-corrected chi connectivity index (χ4v) is 3.16. The van der Waals surface area contributed by atoms with Crippen LogP contribution in [0, 0.1) is 6.92 Å². The molecule has 7 nitrogen and oxygen atoms in total. The molecule has 0 bridgehead atoms. The van der Waals surface area contributed by atoms with E-state index in [0.29, 0.717) is 11.3 Å². The Balaban J connectivity index is 2.41. The fourth-order valence-electron chi connectivity index (χ4n) is 2.56. The number of hydrogen-bond donors (Lipinski definition) is 1. The number of likely N-dealkylation sites (N-methyl/N-ethyl adjacent to an activating group) is 1. The third-order valence-corrected chi connectivity index (χ3v) is 5.42. The van der Waals surface area contributed by atoms with Gasteiger partial charge in [0, 0.05) is 12.7 Å². The van der Waals surface area contributed by atoms with E-state index in [9.17, 15) is 18.0 Å². The molecule has 0 heterocycles. The highest BCUT2D eigenvalue weighted by atomic mass is 32.2. The summed E-state index contributed by atoms with van der Waals surface area (Å²) < 4.78 is 29.8. The van der Waals surface area contributed by atoms with Gasteiger partial charge in [-0.15, -0.1) is 0 Å². The topological polar surface area (TPSA) is 92.8 Å². The van der Waals surface area contributed by atoms with Crippen molar-refractivity contribution in [2.45, 2.75) is 13.0 Å². The maximum Gasteiger partial charge on any atom is 0.337 e. The van der Waals surface area contributed by atoms with Gasteiger partial charge in [0.1, 0.15) is 6.04 Å². The van der Waals surface area contributed by atoms with Crippen LogP contribution < -0.4 is 5.32 Å². The number of anilines is 1. The number of benzene rings is 2. The highest BCUT2D eigenvalue weighted by molar-refractivity contribution is 7.88. The molecule has 2 aromatic carbocycles. The van der Waals surface area contributed by atoms with Crippen LogP contribution in [0.4, 0.5) is 5.69 Å². The maximum absolute atomic E-state index is 13.0. The van der Waals surface area contributed by atoms with E-state index in [4.69, 9.17) is 4.74 Å². The summed E-state index contributed by atoms with van der Waals surface area (Å²) in [4.78, 5) is 24.7. The van der Waals surface area contributed by atoms with E-state index < -0.39 is 27.9 Å². The number of ether oxygens (including phenoxy) is 1. The van der Waals surface area contributed by atoms with E-state index in [0.717, 1.165) is 16.1 Å². The first-order valence-electron chi connectivity index (χ1n) is 8.13. The lowest BCUT2D eigenvalue weighted by Gasteiger charge is -2.26. The van der Waals surface area contributed by atoms with Crippen LogP contribution in [0.5, 0.6) is 0 Å². The molecule has 1 amide bonds. The van der Waals surface area contributed by atoms with Crippen LogP contribution in [0.3, 0.4) is 0 Å². The van der Waals surface area contributed by atoms with Gasteiger partial charge in [0.05, 0.1) is 18.9 Å². The molecule has 0 fully saturated rings. The monoisotopic (exact) mass is 390 g/mol. The van der Waals surface area contributed by atoms with Crippen molar-refractivity contribution in [3.63, 3.8) is 0 Å². The summed E-state index contributed by atoms with van der Waals surface area (Å²) in [5, 5.41) is 2.73. The third kappa shape index (κ3) is 4.93. The Morgan fingerprint density at radius 2 is 1.74 bits per heavy atom. The Morgan fingerprint density at radius 3 is 2.30 bits per heavy atom. The Bertz CT molecular complexity index is 942. The molecule has 0 aromatic heterocycles. The lowest BCUT2D eigenvalue weighted by Crippen LogP contribution is -2.38. The first kappa shape index (κ1) is 20.6. The average Bonchev–Trinajstić information content (AvgIpc) is 2.63. The lowest BCUT2D eigenvalue weighted by molar-refractivity contribution is -0.119. The Kier molecular flexibility index (Phi) is 6.35. The Morgan fingerprint density at radius 1 is 1.11 bits per heavy atom. The molecule has 1 N–H and O–H groups in total. The largest absolute Gasteiger partial charge is 0.465 e. The molecule has 0 aliphatic heterocycles. The van der Waals surface area contributed by atoms with Crippen molar-refractivity contribution in [3.8, 4) is 0 Å². The second kappa shape index (κ2) is 8.32. The first-order chi connectivity index (χ1) is 12.6. The van der Waals surface area contributed by atoms with Crippen LogP contribution in [0.15, 0.2) is 48.5 Å². The summed E-state index contributed by atoms with van der Waals surface area (Å²) in [5.74, 6) is -1.06. The number of esters is 1. The smallest absolute Gasteiger partial charge is 0.337 e. The van der Waals surface area contributed by atoms with Crippen molar-refractivity contribution in [2.75, 3.05) is 25.7 Å². The molecular weight excluding hydrogens is 368 g/mol. The number of methoxy groups -OCH3 is 1. The zero-order chi connectivity index (χ0) is 20.2. The van der Waals surface area contributed by atoms with E-state index in [2.05, 4.69) is 5.32 Å². The van der Waals surface area contributed by atoms with Crippen molar-refractivity contribution in [1.29, 1.82) is 0 Å². The predicted molar refractivity (Wildman–Crippen MR) is 103 cm³/mol. The molecule has 8 heteroatoms. The van der Waals surface area contributed by atoms with Gasteiger partial charge in [0.15, 0.2) is 0 Å². The van der Waals surface area contributed by atoms with Gasteiger partial charge in [0.25, 0.3) is 0 Å². The van der Waals surface area contributed by atoms with Gasteiger partial charge in [-0.3, -0.25) is 4.79 Å². The third-order valence-electron chi connectivity index (χ3n) is 4.17. The predicted octanol–water partition coefficient (Wildman–Crippen LogP) is 2.35. The highest BCUT2D eigenvalue weighted by Gasteiger charge is 2.31. The number of amides is 1. The van der Waals surface area contributed by atoms with Crippen molar-refractivity contribution in [1.82, 2.24) is 4.31 Å². The number of hydrogen-bond acceptors (Lipinski definition) is 5. The molecule has 27 heavy (non-hydrogen) atoms. The highest BCUT2D eigenvalue weighted by Crippen LogP contribution is 2.25. The fraction of sp³-hybridized carbons (Fsp3) is 0.263. The molecule has 0 radical (unpaired) electrons. The zero-order valence-electron chi connectivity index (χ0n) is 15.6. The molecule has 0 spiro atoms. The second-order valence-electron chi connectivity index (χ2n) is 6.10. The SMILES string of the molecule is COC(=O)c1ccc(C)c(NC(=O)[C@@H](c2ccccc2)N(C)S(C)(=O)=O)c1. The molecule has 144 valence electrons. The van der Waals surface area contributed by atoms with Crippen molar-refractivity contribution < 1.29 is 22.7 Å². The molecule has 0 saturated heterocycles. The molecule has 2 rings (SSSR count). The van der Waals surface area contributed by atoms with Crippen molar-refractivity contribution in [2.24, 2.45) is 0 Å². The van der Waals surface area contributed by atoms with Crippen LogP contribution in [0.2, 0.25) is 0 Å².